The Labute approximate surface area is 126 Å². The maximum atomic E-state index is 4.66. The van der Waals surface area contributed by atoms with Crippen molar-refractivity contribution < 1.29 is 0 Å². The molecule has 3 heteroatoms. The molecule has 2 aliphatic rings. The van der Waals surface area contributed by atoms with Crippen LogP contribution in [-0.4, -0.2) is 36.1 Å². The molecular formula is C18H21N3. The molecule has 2 atom stereocenters. The summed E-state index contributed by atoms with van der Waals surface area (Å²) >= 11 is 0. The van der Waals surface area contributed by atoms with Crippen molar-refractivity contribution in [1.82, 2.24) is 9.88 Å². The van der Waals surface area contributed by atoms with Gasteiger partial charge in [-0.1, -0.05) is 24.3 Å². The van der Waals surface area contributed by atoms with Gasteiger partial charge in [0.05, 0.1) is 17.4 Å². The molecular weight excluding hydrogens is 258 g/mol. The zero-order valence-electron chi connectivity index (χ0n) is 12.7. The number of pyridine rings is 1. The van der Waals surface area contributed by atoms with E-state index < -0.39 is 0 Å². The number of hydrogen-bond donors (Lipinski definition) is 0. The predicted molar refractivity (Wildman–Crippen MR) is 85.7 cm³/mol. The average Bonchev–Trinajstić information content (AvgIpc) is 2.63. The van der Waals surface area contributed by atoms with Gasteiger partial charge in [-0.25, -0.2) is 0 Å². The quantitative estimate of drug-likeness (QED) is 0.739. The molecule has 1 aromatic carbocycles. The van der Waals surface area contributed by atoms with Crippen LogP contribution in [0.3, 0.4) is 0 Å². The topological polar surface area (TPSA) is 19.4 Å². The molecule has 2 aliphatic heterocycles. The molecule has 3 heterocycles. The van der Waals surface area contributed by atoms with E-state index in [4.69, 9.17) is 0 Å². The summed E-state index contributed by atoms with van der Waals surface area (Å²) in [6, 6.07) is 14.2. The van der Waals surface area contributed by atoms with E-state index in [0.717, 1.165) is 19.5 Å². The van der Waals surface area contributed by atoms with Crippen LogP contribution >= 0.6 is 0 Å². The summed E-state index contributed by atoms with van der Waals surface area (Å²) in [6.45, 7) is 4.45. The summed E-state index contributed by atoms with van der Waals surface area (Å²) in [5.74, 6) is 0. The van der Waals surface area contributed by atoms with Crippen LogP contribution in [0.25, 0.3) is 0 Å². The van der Waals surface area contributed by atoms with Gasteiger partial charge in [0.2, 0.25) is 0 Å². The number of fused-ring (bicyclic) bond motifs is 5. The fourth-order valence-corrected chi connectivity index (χ4v) is 3.66. The van der Waals surface area contributed by atoms with Gasteiger partial charge in [-0.15, -0.1) is 0 Å². The second kappa shape index (κ2) is 4.85. The van der Waals surface area contributed by atoms with Crippen LogP contribution in [0, 0.1) is 0 Å². The third-order valence-electron chi connectivity index (χ3n) is 5.00. The summed E-state index contributed by atoms with van der Waals surface area (Å²) in [4.78, 5) is 9.70. The summed E-state index contributed by atoms with van der Waals surface area (Å²) in [5.41, 5.74) is 5.42. The number of piperazine rings is 1. The first-order valence-corrected chi connectivity index (χ1v) is 7.72. The van der Waals surface area contributed by atoms with Crippen LogP contribution in [0.5, 0.6) is 0 Å². The Hall–Kier alpha value is -1.87. The van der Waals surface area contributed by atoms with Crippen molar-refractivity contribution in [2.24, 2.45) is 0 Å². The molecule has 1 saturated heterocycles. The Kier molecular flexibility index (Phi) is 2.96. The van der Waals surface area contributed by atoms with Gasteiger partial charge in [-0.2, -0.15) is 0 Å². The number of rotatable bonds is 0. The molecule has 2 unspecified atom stereocenters. The molecule has 1 fully saturated rings. The van der Waals surface area contributed by atoms with Gasteiger partial charge < -0.3 is 4.90 Å². The SMILES string of the molecule is CC1CN2c3cccnc3Cc3ccccc3C2CN1C. The highest BCUT2D eigenvalue weighted by molar-refractivity contribution is 5.58. The molecule has 21 heavy (non-hydrogen) atoms. The number of anilines is 1. The zero-order valence-corrected chi connectivity index (χ0v) is 12.7. The predicted octanol–water partition coefficient (Wildman–Crippen LogP) is 2.87. The number of aromatic nitrogens is 1. The van der Waals surface area contributed by atoms with E-state index in [-0.39, 0.29) is 0 Å². The Morgan fingerprint density at radius 3 is 2.86 bits per heavy atom. The van der Waals surface area contributed by atoms with Gasteiger partial charge in [-0.05, 0) is 37.2 Å². The highest BCUT2D eigenvalue weighted by Crippen LogP contribution is 2.38. The van der Waals surface area contributed by atoms with Crippen LogP contribution in [0.2, 0.25) is 0 Å². The van der Waals surface area contributed by atoms with E-state index in [2.05, 4.69) is 65.2 Å². The molecule has 0 radical (unpaired) electrons. The first-order chi connectivity index (χ1) is 10.2. The number of likely N-dealkylation sites (N-methyl/N-ethyl adjacent to an activating group) is 1. The lowest BCUT2D eigenvalue weighted by atomic mass is 9.96. The van der Waals surface area contributed by atoms with Crippen molar-refractivity contribution in [2.75, 3.05) is 25.0 Å². The van der Waals surface area contributed by atoms with Gasteiger partial charge in [-0.3, -0.25) is 9.88 Å². The van der Waals surface area contributed by atoms with E-state index in [1.165, 1.54) is 22.5 Å². The second-order valence-electron chi connectivity index (χ2n) is 6.30. The van der Waals surface area contributed by atoms with E-state index >= 15 is 0 Å². The fraction of sp³-hybridized carbons (Fsp3) is 0.389. The Morgan fingerprint density at radius 1 is 1.10 bits per heavy atom. The summed E-state index contributed by atoms with van der Waals surface area (Å²) in [7, 11) is 2.24. The third kappa shape index (κ3) is 2.04. The minimum atomic E-state index is 0.438. The lowest BCUT2D eigenvalue weighted by molar-refractivity contribution is 0.200. The zero-order chi connectivity index (χ0) is 14.4. The highest BCUT2D eigenvalue weighted by atomic mass is 15.3. The third-order valence-corrected chi connectivity index (χ3v) is 5.00. The maximum absolute atomic E-state index is 4.66. The normalized spacial score (nSPS) is 24.8. The Morgan fingerprint density at radius 2 is 1.95 bits per heavy atom. The van der Waals surface area contributed by atoms with Crippen LogP contribution in [0.1, 0.15) is 29.8 Å². The van der Waals surface area contributed by atoms with Crippen molar-refractivity contribution in [3.8, 4) is 0 Å². The van der Waals surface area contributed by atoms with Gasteiger partial charge in [0.1, 0.15) is 0 Å². The molecule has 1 aromatic heterocycles. The molecule has 0 aliphatic carbocycles. The number of nitrogens with zero attached hydrogens (tertiary/aromatic N) is 3. The second-order valence-corrected chi connectivity index (χ2v) is 6.30. The lowest BCUT2D eigenvalue weighted by Gasteiger charge is -2.45. The molecule has 0 bridgehead atoms. The smallest absolute Gasteiger partial charge is 0.0680 e. The Bertz CT molecular complexity index is 610. The maximum Gasteiger partial charge on any atom is 0.0680 e. The van der Waals surface area contributed by atoms with Gasteiger partial charge in [0.25, 0.3) is 0 Å². The number of hydrogen-bond acceptors (Lipinski definition) is 3. The summed E-state index contributed by atoms with van der Waals surface area (Å²) in [6.07, 6.45) is 2.86. The highest BCUT2D eigenvalue weighted by Gasteiger charge is 2.35. The standard InChI is InChI=1S/C18H21N3/c1-13-11-21-17-8-5-9-19-16(17)10-14-6-3-4-7-15(14)18(21)12-20(13)2/h3-9,13,18H,10-12H2,1-2H3. The van der Waals surface area contributed by atoms with Crippen molar-refractivity contribution in [2.45, 2.75) is 25.4 Å². The molecule has 0 saturated carbocycles. The van der Waals surface area contributed by atoms with E-state index in [9.17, 15) is 0 Å². The molecule has 3 nitrogen and oxygen atoms in total. The van der Waals surface area contributed by atoms with Crippen molar-refractivity contribution in [1.29, 1.82) is 0 Å². The molecule has 0 amide bonds. The summed E-state index contributed by atoms with van der Waals surface area (Å²) in [5, 5.41) is 0. The van der Waals surface area contributed by atoms with Crippen molar-refractivity contribution >= 4 is 5.69 Å². The minimum Gasteiger partial charge on any atom is -0.360 e. The average molecular weight is 279 g/mol. The monoisotopic (exact) mass is 279 g/mol. The summed E-state index contributed by atoms with van der Waals surface area (Å²) < 4.78 is 0. The van der Waals surface area contributed by atoms with Crippen LogP contribution < -0.4 is 4.90 Å². The number of benzene rings is 1. The van der Waals surface area contributed by atoms with E-state index in [1.807, 2.05) is 6.20 Å². The minimum absolute atomic E-state index is 0.438. The molecule has 108 valence electrons. The van der Waals surface area contributed by atoms with E-state index in [1.54, 1.807) is 0 Å². The fourth-order valence-electron chi connectivity index (χ4n) is 3.66. The van der Waals surface area contributed by atoms with Gasteiger partial charge in [0, 0.05) is 31.7 Å². The van der Waals surface area contributed by atoms with E-state index in [0.29, 0.717) is 12.1 Å². The first kappa shape index (κ1) is 12.8. The molecule has 4 rings (SSSR count). The molecule has 0 spiro atoms. The van der Waals surface area contributed by atoms with Crippen LogP contribution in [0.15, 0.2) is 42.6 Å². The molecule has 2 aromatic rings. The molecule has 0 N–H and O–H groups in total. The first-order valence-electron chi connectivity index (χ1n) is 7.72. The Balaban J connectivity index is 1.90. The van der Waals surface area contributed by atoms with Gasteiger partial charge >= 0.3 is 0 Å². The van der Waals surface area contributed by atoms with Gasteiger partial charge in [0.15, 0.2) is 0 Å². The van der Waals surface area contributed by atoms with Crippen LogP contribution in [-0.2, 0) is 6.42 Å². The largest absolute Gasteiger partial charge is 0.360 e. The van der Waals surface area contributed by atoms with Crippen molar-refractivity contribution in [3.63, 3.8) is 0 Å². The van der Waals surface area contributed by atoms with Crippen molar-refractivity contribution in [3.05, 3.63) is 59.4 Å². The van der Waals surface area contributed by atoms with Crippen LogP contribution in [0.4, 0.5) is 5.69 Å². The lowest BCUT2D eigenvalue weighted by Crippen LogP contribution is -2.52.